The second-order valence-corrected chi connectivity index (χ2v) is 8.72. The molecule has 0 fully saturated rings. The van der Waals surface area contributed by atoms with Crippen molar-refractivity contribution in [2.75, 3.05) is 13.3 Å². The van der Waals surface area contributed by atoms with Gasteiger partial charge in [-0.25, -0.2) is 0 Å². The molecule has 0 amide bonds. The van der Waals surface area contributed by atoms with Gasteiger partial charge in [-0.2, -0.15) is 0 Å². The normalized spacial score (nSPS) is 12.8. The third-order valence-electron chi connectivity index (χ3n) is 5.47. The minimum absolute atomic E-state index is 0.113. The quantitative estimate of drug-likeness (QED) is 0.382. The zero-order valence-electron chi connectivity index (χ0n) is 19.3. The maximum absolute atomic E-state index is 11.5. The Labute approximate surface area is 186 Å². The first kappa shape index (κ1) is 24.6. The van der Waals surface area contributed by atoms with Crippen LogP contribution >= 0.6 is 0 Å². The van der Waals surface area contributed by atoms with E-state index in [1.807, 2.05) is 38.1 Å². The van der Waals surface area contributed by atoms with E-state index in [9.17, 15) is 4.79 Å². The van der Waals surface area contributed by atoms with E-state index in [0.717, 1.165) is 11.5 Å². The Morgan fingerprint density at radius 3 is 2.00 bits per heavy atom. The van der Waals surface area contributed by atoms with Gasteiger partial charge in [-0.05, 0) is 62.2 Å². The number of rotatable bonds is 12. The van der Waals surface area contributed by atoms with Crippen LogP contribution in [0.15, 0.2) is 61.2 Å². The molecule has 31 heavy (non-hydrogen) atoms. The number of benzene rings is 2. The van der Waals surface area contributed by atoms with Crippen molar-refractivity contribution in [2.45, 2.75) is 58.2 Å². The predicted molar refractivity (Wildman–Crippen MR) is 125 cm³/mol. The second-order valence-electron chi connectivity index (χ2n) is 8.72. The van der Waals surface area contributed by atoms with E-state index in [2.05, 4.69) is 44.7 Å². The molecule has 0 aliphatic rings. The highest BCUT2D eigenvalue weighted by Crippen LogP contribution is 2.34. The number of nitrogens with two attached hydrogens (primary N) is 1. The summed E-state index contributed by atoms with van der Waals surface area (Å²) in [6.45, 7) is 14.2. The summed E-state index contributed by atoms with van der Waals surface area (Å²) in [7, 11) is 0. The lowest BCUT2D eigenvalue weighted by molar-refractivity contribution is -0.125. The number of hydrogen-bond donors (Lipinski definition) is 1. The lowest BCUT2D eigenvalue weighted by Gasteiger charge is -2.29. The summed E-state index contributed by atoms with van der Waals surface area (Å²) in [5, 5.41) is 0. The molecule has 168 valence electrons. The summed E-state index contributed by atoms with van der Waals surface area (Å²) in [6.07, 6.45) is 1.47. The van der Waals surface area contributed by atoms with Crippen molar-refractivity contribution >= 4 is 5.78 Å². The summed E-state index contributed by atoms with van der Waals surface area (Å²) >= 11 is 0. The predicted octanol–water partition coefficient (Wildman–Crippen LogP) is 5.02. The maximum atomic E-state index is 11.5. The Hall–Kier alpha value is -2.63. The highest BCUT2D eigenvalue weighted by atomic mass is 16.5. The zero-order valence-corrected chi connectivity index (χ0v) is 19.3. The van der Waals surface area contributed by atoms with Gasteiger partial charge in [0.1, 0.15) is 29.9 Å². The molecule has 2 aromatic rings. The van der Waals surface area contributed by atoms with Crippen molar-refractivity contribution in [3.05, 3.63) is 72.3 Å². The number of carbonyl (C=O) groups is 1. The van der Waals surface area contributed by atoms with Crippen LogP contribution in [0.25, 0.3) is 0 Å². The van der Waals surface area contributed by atoms with Gasteiger partial charge in [0.15, 0.2) is 5.78 Å². The van der Waals surface area contributed by atoms with E-state index in [0.29, 0.717) is 13.0 Å². The van der Waals surface area contributed by atoms with Crippen LogP contribution in [0.2, 0.25) is 0 Å². The van der Waals surface area contributed by atoms with Crippen LogP contribution in [0.5, 0.6) is 11.5 Å². The lowest BCUT2D eigenvalue weighted by Crippen LogP contribution is -2.31. The molecular weight excluding hydrogens is 390 g/mol. The molecule has 0 bridgehead atoms. The van der Waals surface area contributed by atoms with Crippen molar-refractivity contribution in [3.8, 4) is 11.5 Å². The second kappa shape index (κ2) is 10.6. The van der Waals surface area contributed by atoms with E-state index >= 15 is 0 Å². The number of ether oxygens (including phenoxy) is 3. The average Bonchev–Trinajstić information content (AvgIpc) is 2.73. The molecule has 2 rings (SSSR count). The largest absolute Gasteiger partial charge is 0.488 e. The Morgan fingerprint density at radius 1 is 1.00 bits per heavy atom. The standard InChI is InChI=1S/C26H35NO4/c1-7-24(28)19(2)29-17-16-25(3,4)31-23-14-10-21(11-15-23)26(5,6)20-8-12-22(13-9-20)30-18-27/h7-15,19H,1,16-18,27H2,2-6H3. The summed E-state index contributed by atoms with van der Waals surface area (Å²) in [5.74, 6) is 1.45. The fourth-order valence-electron chi connectivity index (χ4n) is 3.27. The SMILES string of the molecule is C=CC(=O)C(C)OCCC(C)(C)Oc1ccc(C(C)(C)c2ccc(OCN)cc2)cc1. The molecule has 0 aliphatic heterocycles. The minimum Gasteiger partial charge on any atom is -0.488 e. The molecule has 1 unspecified atom stereocenters. The first-order chi connectivity index (χ1) is 14.6. The van der Waals surface area contributed by atoms with Crippen LogP contribution in [0.1, 0.15) is 52.2 Å². The molecule has 0 heterocycles. The van der Waals surface area contributed by atoms with Crippen LogP contribution in [0.4, 0.5) is 0 Å². The summed E-state index contributed by atoms with van der Waals surface area (Å²) in [5.41, 5.74) is 7.21. The van der Waals surface area contributed by atoms with E-state index in [1.165, 1.54) is 17.2 Å². The van der Waals surface area contributed by atoms with Crippen molar-refractivity contribution < 1.29 is 19.0 Å². The van der Waals surface area contributed by atoms with Crippen LogP contribution in [0, 0.1) is 0 Å². The summed E-state index contributed by atoms with van der Waals surface area (Å²) < 4.78 is 17.1. The van der Waals surface area contributed by atoms with Gasteiger partial charge in [0.25, 0.3) is 0 Å². The molecule has 2 aromatic carbocycles. The van der Waals surface area contributed by atoms with Crippen molar-refractivity contribution in [1.82, 2.24) is 0 Å². The molecule has 5 nitrogen and oxygen atoms in total. The monoisotopic (exact) mass is 425 g/mol. The Kier molecular flexibility index (Phi) is 8.43. The summed E-state index contributed by atoms with van der Waals surface area (Å²) in [4.78, 5) is 11.5. The van der Waals surface area contributed by atoms with E-state index in [1.54, 1.807) is 6.92 Å². The van der Waals surface area contributed by atoms with Gasteiger partial charge in [0.2, 0.25) is 0 Å². The fraction of sp³-hybridized carbons (Fsp3) is 0.423. The topological polar surface area (TPSA) is 70.8 Å². The van der Waals surface area contributed by atoms with Gasteiger partial charge < -0.3 is 14.2 Å². The van der Waals surface area contributed by atoms with Gasteiger partial charge >= 0.3 is 0 Å². The van der Waals surface area contributed by atoms with Gasteiger partial charge in [-0.3, -0.25) is 10.5 Å². The Bertz CT molecular complexity index is 854. The molecular formula is C26H35NO4. The number of carbonyl (C=O) groups excluding carboxylic acids is 1. The molecule has 0 aromatic heterocycles. The number of ketones is 1. The van der Waals surface area contributed by atoms with Crippen LogP contribution in [0.3, 0.4) is 0 Å². The van der Waals surface area contributed by atoms with E-state index in [-0.39, 0.29) is 17.9 Å². The van der Waals surface area contributed by atoms with Crippen LogP contribution in [-0.4, -0.2) is 30.8 Å². The molecule has 0 radical (unpaired) electrons. The molecule has 0 spiro atoms. The Morgan fingerprint density at radius 2 is 1.52 bits per heavy atom. The van der Waals surface area contributed by atoms with Crippen LogP contribution < -0.4 is 15.2 Å². The summed E-state index contributed by atoms with van der Waals surface area (Å²) in [6, 6.07) is 16.2. The van der Waals surface area contributed by atoms with Crippen molar-refractivity contribution in [3.63, 3.8) is 0 Å². The number of hydrogen-bond acceptors (Lipinski definition) is 5. The van der Waals surface area contributed by atoms with Gasteiger partial charge in [-0.1, -0.05) is 44.7 Å². The first-order valence-electron chi connectivity index (χ1n) is 10.6. The molecule has 0 saturated heterocycles. The van der Waals surface area contributed by atoms with E-state index in [4.69, 9.17) is 19.9 Å². The van der Waals surface area contributed by atoms with Crippen LogP contribution in [-0.2, 0) is 14.9 Å². The molecule has 2 N–H and O–H groups in total. The fourth-order valence-corrected chi connectivity index (χ4v) is 3.27. The highest BCUT2D eigenvalue weighted by Gasteiger charge is 2.24. The van der Waals surface area contributed by atoms with Gasteiger partial charge in [-0.15, -0.1) is 0 Å². The zero-order chi connectivity index (χ0) is 23.1. The molecule has 0 aliphatic carbocycles. The highest BCUT2D eigenvalue weighted by molar-refractivity contribution is 5.92. The van der Waals surface area contributed by atoms with Crippen molar-refractivity contribution in [2.24, 2.45) is 5.73 Å². The third kappa shape index (κ3) is 6.94. The van der Waals surface area contributed by atoms with Gasteiger partial charge in [0, 0.05) is 11.8 Å². The smallest absolute Gasteiger partial charge is 0.183 e. The molecule has 0 saturated carbocycles. The average molecular weight is 426 g/mol. The maximum Gasteiger partial charge on any atom is 0.183 e. The van der Waals surface area contributed by atoms with E-state index < -0.39 is 11.7 Å². The molecule has 5 heteroatoms. The Balaban J connectivity index is 2.00. The lowest BCUT2D eigenvalue weighted by atomic mass is 9.78. The first-order valence-corrected chi connectivity index (χ1v) is 10.6. The minimum atomic E-state index is -0.481. The molecule has 1 atom stereocenters. The third-order valence-corrected chi connectivity index (χ3v) is 5.47. The van der Waals surface area contributed by atoms with Gasteiger partial charge in [0.05, 0.1) is 6.61 Å². The van der Waals surface area contributed by atoms with Crippen molar-refractivity contribution in [1.29, 1.82) is 0 Å².